The predicted molar refractivity (Wildman–Crippen MR) is 132 cm³/mol. The third-order valence-electron chi connectivity index (χ3n) is 8.93. The van der Waals surface area contributed by atoms with Gasteiger partial charge in [0.15, 0.2) is 11.5 Å². The number of hydrogen-bond acceptors (Lipinski definition) is 7. The van der Waals surface area contributed by atoms with Gasteiger partial charge in [-0.15, -0.1) is 0 Å². The predicted octanol–water partition coefficient (Wildman–Crippen LogP) is 5.64. The van der Waals surface area contributed by atoms with E-state index in [1.54, 1.807) is 6.92 Å². The summed E-state index contributed by atoms with van der Waals surface area (Å²) in [6.45, 7) is 8.29. The van der Waals surface area contributed by atoms with Crippen LogP contribution in [-0.2, 0) is 14.3 Å². The lowest BCUT2D eigenvalue weighted by atomic mass is 9.45. The number of alkyl halides is 2. The third-order valence-corrected chi connectivity index (χ3v) is 9.28. The van der Waals surface area contributed by atoms with Crippen molar-refractivity contribution < 1.29 is 52.4 Å². The fourth-order valence-electron chi connectivity index (χ4n) is 7.49. The normalized spacial score (nSPS) is 41.6. The van der Waals surface area contributed by atoms with Gasteiger partial charge in [-0.25, -0.2) is 22.8 Å². The van der Waals surface area contributed by atoms with Crippen LogP contribution in [0.25, 0.3) is 0 Å². The van der Waals surface area contributed by atoms with Gasteiger partial charge in [0.2, 0.25) is 5.78 Å². The van der Waals surface area contributed by atoms with Crippen molar-refractivity contribution in [3.05, 3.63) is 23.0 Å². The zero-order valence-corrected chi connectivity index (χ0v) is 22.6. The second kappa shape index (κ2) is 10.3. The summed E-state index contributed by atoms with van der Waals surface area (Å²) < 4.78 is 53.1. The molecular weight excluding hydrogens is 529 g/mol. The zero-order chi connectivity index (χ0) is 29.0. The van der Waals surface area contributed by atoms with E-state index in [4.69, 9.17) is 14.9 Å². The maximum Gasteiger partial charge on any atom is 0.376 e. The lowest BCUT2D eigenvalue weighted by Gasteiger charge is -2.62. The monoisotopic (exact) mass is 562 g/mol. The van der Waals surface area contributed by atoms with Crippen LogP contribution >= 0.6 is 11.8 Å². The highest BCUT2D eigenvalue weighted by molar-refractivity contribution is 8.25. The summed E-state index contributed by atoms with van der Waals surface area (Å²) in [4.78, 5) is 43.0. The molecule has 0 saturated heterocycles. The van der Waals surface area contributed by atoms with Gasteiger partial charge in [-0.3, -0.25) is 9.59 Å². The molecule has 0 heterocycles. The van der Waals surface area contributed by atoms with E-state index < -0.39 is 68.6 Å². The number of hydrogen-bond donors (Lipinski definition) is 3. The summed E-state index contributed by atoms with van der Waals surface area (Å²) in [5.74, 6) is -3.85. The van der Waals surface area contributed by atoms with Gasteiger partial charge in [0.1, 0.15) is 12.3 Å². The van der Waals surface area contributed by atoms with E-state index in [-0.39, 0.29) is 54.4 Å². The molecule has 0 aliphatic heterocycles. The Balaban J connectivity index is 0.000000505. The van der Waals surface area contributed by atoms with Crippen LogP contribution < -0.4 is 0 Å². The number of carbonyl (C=O) groups is 4. The number of aliphatic hydroxyl groups excluding tert-OH is 1. The molecule has 0 amide bonds. The molecule has 3 saturated carbocycles. The molecule has 3 N–H and O–H groups in total. The molecule has 3 fully saturated rings. The summed E-state index contributed by atoms with van der Waals surface area (Å²) in [6.07, 6.45) is -2.11. The molecule has 12 heteroatoms. The first-order valence-electron chi connectivity index (χ1n) is 12.4. The second-order valence-corrected chi connectivity index (χ2v) is 12.0. The lowest BCUT2D eigenvalue weighted by Crippen LogP contribution is -2.68. The Bertz CT molecular complexity index is 1100. The van der Waals surface area contributed by atoms with Crippen LogP contribution in [0.15, 0.2) is 23.0 Å². The largest absolute Gasteiger partial charge is 0.473 e. The SMILES string of the molecule is CCC(=O)O[C@@H]1[C@H](C)C[C@H]2[C@@H]3C[C@H](F)C4=C(F)C(=O)C(C)=C[C@]4(C)[C@@]3(F)[C@@H](O)C[C@]12C.O=C(O)SC(=O)O. The molecule has 0 spiro atoms. The molecule has 4 rings (SSSR count). The third kappa shape index (κ3) is 4.57. The van der Waals surface area contributed by atoms with Gasteiger partial charge in [0.25, 0.3) is 0 Å². The van der Waals surface area contributed by atoms with E-state index >= 15 is 8.78 Å². The average Bonchev–Trinajstić information content (AvgIpc) is 3.03. The maximum atomic E-state index is 17.1. The van der Waals surface area contributed by atoms with Crippen molar-refractivity contribution in [2.24, 2.45) is 28.6 Å². The Hall–Kier alpha value is -2.34. The van der Waals surface area contributed by atoms with E-state index in [0.29, 0.717) is 6.42 Å². The van der Waals surface area contributed by atoms with E-state index in [1.807, 2.05) is 13.8 Å². The maximum absolute atomic E-state index is 17.1. The van der Waals surface area contributed by atoms with Crippen molar-refractivity contribution in [2.75, 3.05) is 0 Å². The minimum absolute atomic E-state index is 0.0128. The number of esters is 1. The number of aliphatic hydroxyl groups is 1. The highest BCUT2D eigenvalue weighted by Crippen LogP contribution is 2.69. The molecule has 4 aliphatic rings. The van der Waals surface area contributed by atoms with Crippen molar-refractivity contribution in [2.45, 2.75) is 84.4 Å². The van der Waals surface area contributed by atoms with Gasteiger partial charge >= 0.3 is 16.6 Å². The van der Waals surface area contributed by atoms with Gasteiger partial charge < -0.3 is 20.1 Å². The van der Waals surface area contributed by atoms with Gasteiger partial charge in [-0.05, 0) is 50.5 Å². The standard InChI is InChI=1S/C24H31F3O4.C2H2O4S/c1-6-17(29)31-21-11(2)7-13-14-8-15(25)18-19(26)20(30)12(3)9-23(18,5)24(14,27)16(28)10-22(13,21)4;3-1(4)7-2(5)6/h9,11,13-16,21,28H,6-8,10H2,1-5H3;(H,3,4)(H,5,6)/t11-,13+,14+,15+,16+,21-,22+,23+,24+;/m1./s1. The fraction of sp³-hybridized carbons (Fsp3) is 0.692. The van der Waals surface area contributed by atoms with Crippen molar-refractivity contribution in [1.82, 2.24) is 0 Å². The Kier molecular flexibility index (Phi) is 8.21. The van der Waals surface area contributed by atoms with Gasteiger partial charge in [0.05, 0.1) is 23.3 Å². The summed E-state index contributed by atoms with van der Waals surface area (Å²) in [6, 6.07) is 0. The smallest absolute Gasteiger partial charge is 0.376 e. The van der Waals surface area contributed by atoms with Crippen molar-refractivity contribution in [1.29, 1.82) is 0 Å². The van der Waals surface area contributed by atoms with E-state index in [0.717, 1.165) is 0 Å². The highest BCUT2D eigenvalue weighted by Gasteiger charge is 2.74. The topological polar surface area (TPSA) is 138 Å². The van der Waals surface area contributed by atoms with Crippen molar-refractivity contribution >= 4 is 34.1 Å². The summed E-state index contributed by atoms with van der Waals surface area (Å²) in [5, 5.41) is 23.7. The first-order valence-corrected chi connectivity index (χ1v) is 13.3. The number of carbonyl (C=O) groups excluding carboxylic acids is 2. The minimum atomic E-state index is -2.34. The van der Waals surface area contributed by atoms with Crippen LogP contribution in [0, 0.1) is 28.6 Å². The lowest BCUT2D eigenvalue weighted by molar-refractivity contribution is -0.212. The second-order valence-electron chi connectivity index (χ2n) is 11.1. The summed E-state index contributed by atoms with van der Waals surface area (Å²) in [5.41, 5.74) is -5.28. The molecule has 38 heavy (non-hydrogen) atoms. The first kappa shape index (κ1) is 30.2. The molecule has 0 bridgehead atoms. The number of ketones is 1. The number of ether oxygens (including phenoxy) is 1. The van der Waals surface area contributed by atoms with Gasteiger partial charge in [-0.1, -0.05) is 26.8 Å². The molecule has 4 aliphatic carbocycles. The van der Waals surface area contributed by atoms with Gasteiger partial charge in [0, 0.05) is 23.3 Å². The highest BCUT2D eigenvalue weighted by atomic mass is 32.2. The molecular formula is C26H33F3O8S. The number of fused-ring (bicyclic) bond motifs is 5. The number of Topliss-reactive ketones (excluding diaryl/α,β-unsaturated/α-hetero) is 1. The number of rotatable bonds is 2. The molecule has 0 aromatic rings. The van der Waals surface area contributed by atoms with Crippen LogP contribution in [0.5, 0.6) is 0 Å². The average molecular weight is 563 g/mol. The van der Waals surface area contributed by atoms with Crippen LogP contribution in [0.4, 0.5) is 22.8 Å². The van der Waals surface area contributed by atoms with Crippen LogP contribution in [0.2, 0.25) is 0 Å². The molecule has 0 aromatic heterocycles. The Morgan fingerprint density at radius 2 is 1.74 bits per heavy atom. The first-order chi connectivity index (χ1) is 17.4. The van der Waals surface area contributed by atoms with E-state index in [2.05, 4.69) is 0 Å². The quantitative estimate of drug-likeness (QED) is 0.365. The van der Waals surface area contributed by atoms with Crippen molar-refractivity contribution in [3.8, 4) is 0 Å². The molecule has 0 unspecified atom stereocenters. The van der Waals surface area contributed by atoms with Crippen LogP contribution in [-0.4, -0.2) is 61.7 Å². The Morgan fingerprint density at radius 1 is 1.16 bits per heavy atom. The van der Waals surface area contributed by atoms with Crippen LogP contribution in [0.1, 0.15) is 60.3 Å². The van der Waals surface area contributed by atoms with Crippen molar-refractivity contribution in [3.63, 3.8) is 0 Å². The zero-order valence-electron chi connectivity index (χ0n) is 21.8. The number of thioether (sulfide) groups is 1. The number of halogens is 3. The summed E-state index contributed by atoms with van der Waals surface area (Å²) in [7, 11) is 0. The molecule has 9 atom stereocenters. The van der Waals surface area contributed by atoms with Crippen LogP contribution in [0.3, 0.4) is 0 Å². The summed E-state index contributed by atoms with van der Waals surface area (Å²) >= 11 is -0.157. The molecule has 8 nitrogen and oxygen atoms in total. The Labute approximate surface area is 222 Å². The molecule has 212 valence electrons. The number of allylic oxidation sites excluding steroid dienone is 4. The Morgan fingerprint density at radius 3 is 2.24 bits per heavy atom. The van der Waals surface area contributed by atoms with E-state index in [1.165, 1.54) is 19.9 Å². The van der Waals surface area contributed by atoms with E-state index in [9.17, 15) is 28.7 Å². The molecule has 0 radical (unpaired) electrons. The minimum Gasteiger partial charge on any atom is -0.473 e. The van der Waals surface area contributed by atoms with Gasteiger partial charge in [-0.2, -0.15) is 0 Å². The molecule has 0 aromatic carbocycles. The fourth-order valence-corrected chi connectivity index (χ4v) is 7.64. The number of carboxylic acid groups (broad SMARTS) is 2.